The molecule has 144 valence electrons. The molecule has 2 aromatic rings. The number of carboxylic acid groups (broad SMARTS) is 2. The Morgan fingerprint density at radius 1 is 1.11 bits per heavy atom. The smallest absolute Gasteiger partial charge is 0.418 e. The van der Waals surface area contributed by atoms with E-state index in [2.05, 4.69) is 0 Å². The van der Waals surface area contributed by atoms with Crippen molar-refractivity contribution in [3.8, 4) is 5.69 Å². The third-order valence-corrected chi connectivity index (χ3v) is 4.27. The van der Waals surface area contributed by atoms with Crippen molar-refractivity contribution < 1.29 is 46.9 Å². The van der Waals surface area contributed by atoms with Gasteiger partial charge in [-0.25, -0.2) is 18.4 Å². The summed E-state index contributed by atoms with van der Waals surface area (Å²) in [7, 11) is 0. The molecule has 0 fully saturated rings. The van der Waals surface area contributed by atoms with Gasteiger partial charge in [-0.1, -0.05) is 0 Å². The molecule has 0 aliphatic heterocycles. The van der Waals surface area contributed by atoms with Crippen molar-refractivity contribution in [2.45, 2.75) is 24.6 Å². The van der Waals surface area contributed by atoms with E-state index in [4.69, 9.17) is 10.2 Å². The van der Waals surface area contributed by atoms with Crippen LogP contribution in [-0.2, 0) is 12.6 Å². The van der Waals surface area contributed by atoms with E-state index >= 15 is 0 Å². The fourth-order valence-corrected chi connectivity index (χ4v) is 3.08. The summed E-state index contributed by atoms with van der Waals surface area (Å²) in [4.78, 5) is 22.3. The quantitative estimate of drug-likeness (QED) is 0.699. The SMILES string of the molecule is O=C(O)c1ccc(-n2cc(C(F)(F)F)c3c2CC(F)(F)C3O)cc1C(=O)O. The molecule has 1 aromatic carbocycles. The van der Waals surface area contributed by atoms with E-state index < -0.39 is 64.5 Å². The highest BCUT2D eigenvalue weighted by atomic mass is 19.4. The van der Waals surface area contributed by atoms with Crippen LogP contribution in [0.5, 0.6) is 0 Å². The molecule has 1 aliphatic rings. The van der Waals surface area contributed by atoms with E-state index in [9.17, 15) is 36.6 Å². The van der Waals surface area contributed by atoms with Crippen molar-refractivity contribution in [1.29, 1.82) is 0 Å². The molecule has 0 bridgehead atoms. The molecule has 1 atom stereocenters. The Morgan fingerprint density at radius 2 is 1.70 bits per heavy atom. The highest BCUT2D eigenvalue weighted by Gasteiger charge is 2.53. The van der Waals surface area contributed by atoms with E-state index in [1.807, 2.05) is 0 Å². The molecule has 11 heteroatoms. The lowest BCUT2D eigenvalue weighted by molar-refractivity contribution is -0.142. The Labute approximate surface area is 147 Å². The first-order valence-electron chi connectivity index (χ1n) is 7.33. The predicted octanol–water partition coefficient (Wildman–Crippen LogP) is 3.12. The Balaban J connectivity index is 2.26. The second kappa shape index (κ2) is 5.78. The monoisotopic (exact) mass is 391 g/mol. The first-order valence-corrected chi connectivity index (χ1v) is 7.33. The molecule has 0 saturated heterocycles. The number of aromatic carboxylic acids is 2. The van der Waals surface area contributed by atoms with Gasteiger partial charge in [0, 0.05) is 23.1 Å². The zero-order valence-electron chi connectivity index (χ0n) is 13.1. The number of aliphatic hydroxyl groups is 1. The fraction of sp³-hybridized carbons (Fsp3) is 0.250. The molecule has 1 unspecified atom stereocenters. The van der Waals surface area contributed by atoms with Gasteiger partial charge < -0.3 is 19.9 Å². The molecule has 1 heterocycles. The van der Waals surface area contributed by atoms with Gasteiger partial charge in [-0.15, -0.1) is 0 Å². The highest BCUT2D eigenvalue weighted by Crippen LogP contribution is 2.49. The Morgan fingerprint density at radius 3 is 2.22 bits per heavy atom. The minimum absolute atomic E-state index is 0.256. The van der Waals surface area contributed by atoms with E-state index in [1.54, 1.807) is 0 Å². The van der Waals surface area contributed by atoms with Crippen molar-refractivity contribution in [1.82, 2.24) is 4.57 Å². The van der Waals surface area contributed by atoms with Crippen LogP contribution < -0.4 is 0 Å². The number of carboxylic acids is 2. The van der Waals surface area contributed by atoms with E-state index in [-0.39, 0.29) is 5.69 Å². The van der Waals surface area contributed by atoms with Gasteiger partial charge in [0.25, 0.3) is 5.92 Å². The van der Waals surface area contributed by atoms with Crippen LogP contribution in [0.15, 0.2) is 24.4 Å². The minimum Gasteiger partial charge on any atom is -0.478 e. The minimum atomic E-state index is -5.03. The second-order valence-electron chi connectivity index (χ2n) is 5.95. The van der Waals surface area contributed by atoms with Gasteiger partial charge in [0.1, 0.15) is 6.10 Å². The van der Waals surface area contributed by atoms with Crippen LogP contribution in [0.2, 0.25) is 0 Å². The van der Waals surface area contributed by atoms with E-state index in [0.29, 0.717) is 10.8 Å². The second-order valence-corrected chi connectivity index (χ2v) is 5.95. The van der Waals surface area contributed by atoms with Crippen LogP contribution in [0.1, 0.15) is 43.6 Å². The zero-order chi connectivity index (χ0) is 20.3. The van der Waals surface area contributed by atoms with Crippen LogP contribution in [-0.4, -0.2) is 37.7 Å². The number of halogens is 5. The lowest BCUT2D eigenvalue weighted by Gasteiger charge is -2.16. The number of alkyl halides is 5. The summed E-state index contributed by atoms with van der Waals surface area (Å²) in [6, 6.07) is 2.62. The number of rotatable bonds is 3. The van der Waals surface area contributed by atoms with E-state index in [0.717, 1.165) is 18.2 Å². The lowest BCUT2D eigenvalue weighted by atomic mass is 10.1. The van der Waals surface area contributed by atoms with E-state index in [1.165, 1.54) is 0 Å². The Hall–Kier alpha value is -2.95. The Kier molecular flexibility index (Phi) is 4.03. The molecule has 1 aromatic heterocycles. The van der Waals surface area contributed by atoms with Gasteiger partial charge in [-0.05, 0) is 18.2 Å². The van der Waals surface area contributed by atoms with Crippen LogP contribution in [0, 0.1) is 0 Å². The van der Waals surface area contributed by atoms with Crippen LogP contribution in [0.4, 0.5) is 22.0 Å². The van der Waals surface area contributed by atoms with Crippen molar-refractivity contribution >= 4 is 11.9 Å². The number of nitrogens with zero attached hydrogens (tertiary/aromatic N) is 1. The number of benzene rings is 1. The van der Waals surface area contributed by atoms with Crippen molar-refractivity contribution in [3.63, 3.8) is 0 Å². The van der Waals surface area contributed by atoms with Crippen LogP contribution >= 0.6 is 0 Å². The molecular weight excluding hydrogens is 381 g/mol. The number of hydrogen-bond donors (Lipinski definition) is 3. The first-order chi connectivity index (χ1) is 12.3. The van der Waals surface area contributed by atoms with Gasteiger partial charge in [0.15, 0.2) is 0 Å². The van der Waals surface area contributed by atoms with Crippen molar-refractivity contribution in [2.24, 2.45) is 0 Å². The summed E-state index contributed by atoms with van der Waals surface area (Å²) in [5.41, 5.74) is -4.57. The standard InChI is InChI=1S/C16H10F5NO5/c17-15(18)4-10-11(12(15)23)9(16(19,20)21)5-22(10)6-1-2-7(13(24)25)8(3-6)14(26)27/h1-3,5,12,23H,4H2,(H,24,25)(H,26,27). The molecule has 3 N–H and O–H groups in total. The maximum absolute atomic E-state index is 13.8. The number of aromatic nitrogens is 1. The topological polar surface area (TPSA) is 99.8 Å². The molecule has 3 rings (SSSR count). The van der Waals surface area contributed by atoms with Gasteiger partial charge in [-0.2, -0.15) is 13.2 Å². The number of carbonyl (C=O) groups is 2. The zero-order valence-corrected chi connectivity index (χ0v) is 13.1. The fourth-order valence-electron chi connectivity index (χ4n) is 3.08. The molecular formula is C16H10F5NO5. The lowest BCUT2D eigenvalue weighted by Crippen LogP contribution is -2.24. The molecule has 0 saturated carbocycles. The maximum atomic E-state index is 13.8. The molecule has 27 heavy (non-hydrogen) atoms. The van der Waals surface area contributed by atoms with Gasteiger partial charge in [-0.3, -0.25) is 0 Å². The van der Waals surface area contributed by atoms with Gasteiger partial charge >= 0.3 is 18.1 Å². The summed E-state index contributed by atoms with van der Waals surface area (Å²) in [6.45, 7) is 0. The number of hydrogen-bond acceptors (Lipinski definition) is 3. The molecule has 0 amide bonds. The van der Waals surface area contributed by atoms with Gasteiger partial charge in [0.05, 0.1) is 23.1 Å². The van der Waals surface area contributed by atoms with Gasteiger partial charge in [0.2, 0.25) is 0 Å². The summed E-state index contributed by atoms with van der Waals surface area (Å²) in [5, 5.41) is 27.8. The summed E-state index contributed by atoms with van der Waals surface area (Å²) in [6.07, 6.45) is -8.41. The third-order valence-electron chi connectivity index (χ3n) is 4.27. The number of fused-ring (bicyclic) bond motifs is 1. The largest absolute Gasteiger partial charge is 0.478 e. The summed E-state index contributed by atoms with van der Waals surface area (Å²) < 4.78 is 68.0. The molecule has 6 nitrogen and oxygen atoms in total. The molecule has 0 radical (unpaired) electrons. The van der Waals surface area contributed by atoms with Crippen LogP contribution in [0.25, 0.3) is 5.69 Å². The first kappa shape index (κ1) is 18.8. The summed E-state index contributed by atoms with van der Waals surface area (Å²) in [5.74, 6) is -7.06. The normalized spacial score (nSPS) is 18.4. The maximum Gasteiger partial charge on any atom is 0.418 e. The van der Waals surface area contributed by atoms with Crippen LogP contribution in [0.3, 0.4) is 0 Å². The van der Waals surface area contributed by atoms with Crippen molar-refractivity contribution in [2.75, 3.05) is 0 Å². The molecule has 1 aliphatic carbocycles. The summed E-state index contributed by atoms with van der Waals surface area (Å²) >= 11 is 0. The Bertz CT molecular complexity index is 963. The average Bonchev–Trinajstić information content (AvgIpc) is 3.01. The third kappa shape index (κ3) is 2.93. The number of aliphatic hydroxyl groups excluding tert-OH is 1. The highest BCUT2D eigenvalue weighted by molar-refractivity contribution is 6.02. The molecule has 0 spiro atoms. The van der Waals surface area contributed by atoms with Crippen molar-refractivity contribution in [3.05, 3.63) is 52.3 Å². The average molecular weight is 391 g/mol. The predicted molar refractivity (Wildman–Crippen MR) is 78.3 cm³/mol.